The molecule has 27 heavy (non-hydrogen) atoms. The average molecular weight is 363 g/mol. The molecule has 7 heteroatoms. The van der Waals surface area contributed by atoms with Crippen LogP contribution < -0.4 is 15.4 Å². The molecule has 0 saturated carbocycles. The number of methoxy groups -OCH3 is 1. The van der Waals surface area contributed by atoms with Crippen LogP contribution in [0.15, 0.2) is 54.9 Å². The molecule has 1 amide bonds. The minimum Gasteiger partial charge on any atom is -0.497 e. The second kappa shape index (κ2) is 8.75. The van der Waals surface area contributed by atoms with Gasteiger partial charge in [0.05, 0.1) is 25.8 Å². The molecule has 3 rings (SSSR count). The quantitative estimate of drug-likeness (QED) is 0.670. The highest BCUT2D eigenvalue weighted by atomic mass is 16.5. The van der Waals surface area contributed by atoms with E-state index in [1.54, 1.807) is 26.6 Å². The molecule has 0 fully saturated rings. The number of aromatic nitrogens is 3. The van der Waals surface area contributed by atoms with Crippen molar-refractivity contribution < 1.29 is 9.53 Å². The van der Waals surface area contributed by atoms with Crippen molar-refractivity contribution in [2.24, 2.45) is 0 Å². The smallest absolute Gasteiger partial charge is 0.224 e. The lowest BCUT2D eigenvalue weighted by Crippen LogP contribution is -2.25. The highest BCUT2D eigenvalue weighted by molar-refractivity contribution is 5.78. The molecule has 0 spiro atoms. The number of benzene rings is 1. The van der Waals surface area contributed by atoms with Crippen LogP contribution in [0.3, 0.4) is 0 Å². The predicted molar refractivity (Wildman–Crippen MR) is 103 cm³/mol. The monoisotopic (exact) mass is 363 g/mol. The molecule has 3 aromatic rings. The first-order chi connectivity index (χ1) is 13.2. The van der Waals surface area contributed by atoms with Crippen molar-refractivity contribution in [2.75, 3.05) is 19.5 Å². The summed E-state index contributed by atoms with van der Waals surface area (Å²) in [7, 11) is 3.40. The fourth-order valence-electron chi connectivity index (χ4n) is 2.56. The summed E-state index contributed by atoms with van der Waals surface area (Å²) in [5.74, 6) is 1.89. The van der Waals surface area contributed by atoms with Crippen LogP contribution in [0.5, 0.6) is 5.75 Å². The molecule has 2 N–H and O–H groups in total. The van der Waals surface area contributed by atoms with E-state index in [0.717, 1.165) is 16.9 Å². The topological polar surface area (TPSA) is 89.0 Å². The maximum atomic E-state index is 12.3. The molecule has 0 aliphatic carbocycles. The van der Waals surface area contributed by atoms with Gasteiger partial charge in [0.1, 0.15) is 11.6 Å². The number of hydrogen-bond donors (Lipinski definition) is 2. The highest BCUT2D eigenvalue weighted by Gasteiger charge is 2.09. The summed E-state index contributed by atoms with van der Waals surface area (Å²) >= 11 is 0. The Morgan fingerprint density at radius 3 is 2.78 bits per heavy atom. The molecule has 7 nitrogen and oxygen atoms in total. The van der Waals surface area contributed by atoms with Gasteiger partial charge in [-0.15, -0.1) is 0 Å². The zero-order chi connectivity index (χ0) is 19.1. The Balaban J connectivity index is 1.69. The number of amides is 1. The number of nitrogens with one attached hydrogen (secondary N) is 2. The molecular weight excluding hydrogens is 342 g/mol. The van der Waals surface area contributed by atoms with Gasteiger partial charge >= 0.3 is 0 Å². The number of carbonyl (C=O) groups is 1. The number of pyridine rings is 1. The highest BCUT2D eigenvalue weighted by Crippen LogP contribution is 2.17. The van der Waals surface area contributed by atoms with Crippen LogP contribution >= 0.6 is 0 Å². The second-order valence-corrected chi connectivity index (χ2v) is 5.86. The summed E-state index contributed by atoms with van der Waals surface area (Å²) in [5.41, 5.74) is 2.42. The third-order valence-corrected chi connectivity index (χ3v) is 3.92. The number of nitrogens with zero attached hydrogens (tertiary/aromatic N) is 3. The first-order valence-electron chi connectivity index (χ1n) is 8.53. The molecular formula is C20H21N5O2. The van der Waals surface area contributed by atoms with E-state index in [0.29, 0.717) is 23.9 Å². The first-order valence-corrected chi connectivity index (χ1v) is 8.53. The summed E-state index contributed by atoms with van der Waals surface area (Å²) in [6.45, 7) is 0.313. The number of hydrogen-bond acceptors (Lipinski definition) is 6. The van der Waals surface area contributed by atoms with Crippen LogP contribution in [-0.4, -0.2) is 35.0 Å². The Hall–Kier alpha value is -3.48. The fraction of sp³-hybridized carbons (Fsp3) is 0.200. The van der Waals surface area contributed by atoms with Crippen LogP contribution in [0.2, 0.25) is 0 Å². The van der Waals surface area contributed by atoms with E-state index < -0.39 is 0 Å². The summed E-state index contributed by atoms with van der Waals surface area (Å²) in [4.78, 5) is 25.4. The van der Waals surface area contributed by atoms with Gasteiger partial charge in [0.2, 0.25) is 5.91 Å². The van der Waals surface area contributed by atoms with Crippen molar-refractivity contribution in [1.29, 1.82) is 0 Å². The van der Waals surface area contributed by atoms with E-state index in [1.807, 2.05) is 42.5 Å². The molecule has 0 aliphatic heterocycles. The molecule has 1 aromatic carbocycles. The number of ether oxygens (including phenoxy) is 1. The van der Waals surface area contributed by atoms with Gasteiger partial charge in [-0.3, -0.25) is 9.78 Å². The van der Waals surface area contributed by atoms with E-state index in [9.17, 15) is 4.79 Å². The maximum absolute atomic E-state index is 12.3. The van der Waals surface area contributed by atoms with Gasteiger partial charge in [-0.1, -0.05) is 12.1 Å². The lowest BCUT2D eigenvalue weighted by Gasteiger charge is -2.09. The normalized spacial score (nSPS) is 10.3. The number of carbonyl (C=O) groups excluding carboxylic acids is 1. The maximum Gasteiger partial charge on any atom is 0.224 e. The minimum atomic E-state index is -0.0872. The molecule has 138 valence electrons. The Bertz CT molecular complexity index is 915. The van der Waals surface area contributed by atoms with Crippen molar-refractivity contribution in [1.82, 2.24) is 20.3 Å². The Morgan fingerprint density at radius 2 is 2.04 bits per heavy atom. The molecule has 0 radical (unpaired) electrons. The number of rotatable bonds is 7. The van der Waals surface area contributed by atoms with E-state index >= 15 is 0 Å². The van der Waals surface area contributed by atoms with Gasteiger partial charge in [-0.2, -0.15) is 0 Å². The van der Waals surface area contributed by atoms with Crippen molar-refractivity contribution in [2.45, 2.75) is 13.0 Å². The van der Waals surface area contributed by atoms with Crippen LogP contribution in [0.4, 0.5) is 5.82 Å². The van der Waals surface area contributed by atoms with Crippen LogP contribution in [-0.2, 0) is 17.8 Å². The number of anilines is 1. The second-order valence-electron chi connectivity index (χ2n) is 5.86. The van der Waals surface area contributed by atoms with Gasteiger partial charge in [-0.05, 0) is 29.8 Å². The standard InChI is InChI=1S/C20H21N5O2/c1-21-18-11-16(24-20(25-18)15-6-4-8-22-12-15)13-23-19(26)10-14-5-3-7-17(9-14)27-2/h3-9,11-12H,10,13H2,1-2H3,(H,23,26)(H,21,24,25). The minimum absolute atomic E-state index is 0.0872. The van der Waals surface area contributed by atoms with Crippen molar-refractivity contribution >= 4 is 11.7 Å². The van der Waals surface area contributed by atoms with E-state index in [1.165, 1.54) is 0 Å². The Kier molecular flexibility index (Phi) is 5.94. The summed E-state index contributed by atoms with van der Waals surface area (Å²) < 4.78 is 5.19. The Labute approximate surface area is 157 Å². The van der Waals surface area contributed by atoms with Gasteiger partial charge in [-0.25, -0.2) is 9.97 Å². The van der Waals surface area contributed by atoms with Crippen molar-refractivity contribution in [3.05, 3.63) is 66.1 Å². The van der Waals surface area contributed by atoms with E-state index in [-0.39, 0.29) is 12.3 Å². The third-order valence-electron chi connectivity index (χ3n) is 3.92. The summed E-state index contributed by atoms with van der Waals surface area (Å²) in [6, 6.07) is 13.0. The van der Waals surface area contributed by atoms with Crippen LogP contribution in [0, 0.1) is 0 Å². The fourth-order valence-corrected chi connectivity index (χ4v) is 2.56. The molecule has 2 heterocycles. The Morgan fingerprint density at radius 1 is 1.15 bits per heavy atom. The van der Waals surface area contributed by atoms with Gasteiger partial charge in [0, 0.05) is 31.1 Å². The van der Waals surface area contributed by atoms with Gasteiger partial charge < -0.3 is 15.4 Å². The third kappa shape index (κ3) is 5.01. The molecule has 0 saturated heterocycles. The van der Waals surface area contributed by atoms with Crippen molar-refractivity contribution in [3.63, 3.8) is 0 Å². The molecule has 0 unspecified atom stereocenters. The average Bonchev–Trinajstić information content (AvgIpc) is 2.72. The van der Waals surface area contributed by atoms with E-state index in [4.69, 9.17) is 4.74 Å². The van der Waals surface area contributed by atoms with Crippen LogP contribution in [0.25, 0.3) is 11.4 Å². The zero-order valence-corrected chi connectivity index (χ0v) is 15.3. The first kappa shape index (κ1) is 18.3. The zero-order valence-electron chi connectivity index (χ0n) is 15.3. The van der Waals surface area contributed by atoms with E-state index in [2.05, 4.69) is 25.6 Å². The lowest BCUT2D eigenvalue weighted by molar-refractivity contribution is -0.120. The van der Waals surface area contributed by atoms with Gasteiger partial charge in [0.25, 0.3) is 0 Å². The largest absolute Gasteiger partial charge is 0.497 e. The predicted octanol–water partition coefficient (Wildman–Crippen LogP) is 2.45. The summed E-state index contributed by atoms with van der Waals surface area (Å²) in [5, 5.41) is 5.92. The van der Waals surface area contributed by atoms with Gasteiger partial charge in [0.15, 0.2) is 5.82 Å². The lowest BCUT2D eigenvalue weighted by atomic mass is 10.1. The molecule has 0 bridgehead atoms. The molecule has 2 aromatic heterocycles. The van der Waals surface area contributed by atoms with Crippen molar-refractivity contribution in [3.8, 4) is 17.1 Å². The summed E-state index contributed by atoms with van der Waals surface area (Å²) in [6.07, 6.45) is 3.68. The SMILES string of the molecule is CNc1cc(CNC(=O)Cc2cccc(OC)c2)nc(-c2cccnc2)n1. The van der Waals surface area contributed by atoms with Crippen LogP contribution in [0.1, 0.15) is 11.3 Å². The molecule has 0 aliphatic rings. The molecule has 0 atom stereocenters.